The molecule has 0 spiro atoms. The van der Waals surface area contributed by atoms with Gasteiger partial charge in [0.1, 0.15) is 17.2 Å². The Morgan fingerprint density at radius 2 is 1.97 bits per heavy atom. The second-order valence-electron chi connectivity index (χ2n) is 8.32. The number of aryl methyl sites for hydroxylation is 2. The number of hydrogen-bond acceptors (Lipinski definition) is 6. The zero-order valence-electron chi connectivity index (χ0n) is 18.1. The number of ether oxygens (including phenoxy) is 1. The molecule has 0 unspecified atom stereocenters. The number of fused-ring (bicyclic) bond motifs is 2. The molecule has 0 atom stereocenters. The fourth-order valence-corrected chi connectivity index (χ4v) is 4.45. The average molecular weight is 432 g/mol. The van der Waals surface area contributed by atoms with Crippen molar-refractivity contribution in [2.45, 2.75) is 32.6 Å². The van der Waals surface area contributed by atoms with E-state index in [1.54, 1.807) is 6.07 Å². The lowest BCUT2D eigenvalue weighted by atomic mass is 9.96. The van der Waals surface area contributed by atoms with Crippen molar-refractivity contribution in [1.82, 2.24) is 19.5 Å². The smallest absolute Gasteiger partial charge is 0.336 e. The third-order valence-corrected chi connectivity index (χ3v) is 6.05. The van der Waals surface area contributed by atoms with E-state index in [0.717, 1.165) is 40.8 Å². The van der Waals surface area contributed by atoms with Gasteiger partial charge in [0, 0.05) is 31.3 Å². The number of amides is 1. The van der Waals surface area contributed by atoms with E-state index in [1.165, 1.54) is 6.07 Å². The molecule has 0 radical (unpaired) electrons. The normalized spacial score (nSPS) is 14.9. The van der Waals surface area contributed by atoms with Gasteiger partial charge in [0.2, 0.25) is 0 Å². The summed E-state index contributed by atoms with van der Waals surface area (Å²) in [5, 5.41) is 9.33. The quantitative estimate of drug-likeness (QED) is 0.460. The first-order chi connectivity index (χ1) is 15.5. The van der Waals surface area contributed by atoms with Gasteiger partial charge in [-0.3, -0.25) is 9.20 Å². The van der Waals surface area contributed by atoms with Gasteiger partial charge in [0.05, 0.1) is 5.39 Å². The summed E-state index contributed by atoms with van der Waals surface area (Å²) in [5.41, 5.74) is 2.57. The number of piperidine rings is 1. The van der Waals surface area contributed by atoms with Crippen LogP contribution in [0, 0.1) is 13.8 Å². The highest BCUT2D eigenvalue weighted by Crippen LogP contribution is 2.30. The summed E-state index contributed by atoms with van der Waals surface area (Å²) in [6.07, 6.45) is 3.64. The second-order valence-corrected chi connectivity index (χ2v) is 8.32. The molecule has 8 nitrogen and oxygen atoms in total. The summed E-state index contributed by atoms with van der Waals surface area (Å²) in [5.74, 6) is 1.72. The first-order valence-corrected chi connectivity index (χ1v) is 10.7. The first-order valence-electron chi connectivity index (χ1n) is 10.7. The van der Waals surface area contributed by atoms with Crippen LogP contribution in [0.2, 0.25) is 0 Å². The number of aromatic nitrogens is 3. The van der Waals surface area contributed by atoms with Gasteiger partial charge in [0.15, 0.2) is 12.3 Å². The van der Waals surface area contributed by atoms with Gasteiger partial charge in [-0.15, -0.1) is 10.2 Å². The molecule has 1 fully saturated rings. The Labute approximate surface area is 184 Å². The summed E-state index contributed by atoms with van der Waals surface area (Å²) in [7, 11) is 0. The van der Waals surface area contributed by atoms with E-state index in [1.807, 2.05) is 53.6 Å². The number of nitrogens with zero attached hydrogens (tertiary/aromatic N) is 4. The monoisotopic (exact) mass is 432 g/mol. The van der Waals surface area contributed by atoms with Crippen LogP contribution in [0.4, 0.5) is 0 Å². The molecule has 1 aromatic carbocycles. The van der Waals surface area contributed by atoms with E-state index >= 15 is 0 Å². The van der Waals surface area contributed by atoms with Crippen LogP contribution < -0.4 is 10.4 Å². The van der Waals surface area contributed by atoms with Crippen molar-refractivity contribution in [3.63, 3.8) is 0 Å². The minimum absolute atomic E-state index is 0.0563. The number of carbonyl (C=O) groups is 1. The minimum atomic E-state index is -0.397. The van der Waals surface area contributed by atoms with E-state index in [-0.39, 0.29) is 18.4 Å². The molecular formula is C24H24N4O4. The number of rotatable bonds is 4. The molecule has 0 bridgehead atoms. The van der Waals surface area contributed by atoms with E-state index < -0.39 is 5.63 Å². The van der Waals surface area contributed by atoms with Crippen molar-refractivity contribution >= 4 is 22.5 Å². The summed E-state index contributed by atoms with van der Waals surface area (Å²) >= 11 is 0. The zero-order valence-corrected chi connectivity index (χ0v) is 18.1. The maximum atomic E-state index is 12.8. The lowest BCUT2D eigenvalue weighted by Gasteiger charge is -2.31. The molecule has 8 heteroatoms. The maximum absolute atomic E-state index is 12.8. The van der Waals surface area contributed by atoms with Crippen LogP contribution in [0.3, 0.4) is 0 Å². The molecule has 0 saturated carbocycles. The molecule has 4 heterocycles. The number of hydrogen-bond donors (Lipinski definition) is 0. The molecule has 1 amide bonds. The molecule has 3 aromatic heterocycles. The van der Waals surface area contributed by atoms with Crippen LogP contribution in [-0.2, 0) is 4.79 Å². The van der Waals surface area contributed by atoms with Gasteiger partial charge in [-0.1, -0.05) is 6.07 Å². The van der Waals surface area contributed by atoms with E-state index in [4.69, 9.17) is 9.15 Å². The van der Waals surface area contributed by atoms with Crippen LogP contribution in [-0.4, -0.2) is 45.1 Å². The molecule has 0 aliphatic carbocycles. The predicted octanol–water partition coefficient (Wildman–Crippen LogP) is 3.24. The van der Waals surface area contributed by atoms with Crippen LogP contribution in [0.25, 0.3) is 16.6 Å². The third-order valence-electron chi connectivity index (χ3n) is 6.05. The van der Waals surface area contributed by atoms with Gasteiger partial charge in [0.25, 0.3) is 5.91 Å². The largest absolute Gasteiger partial charge is 0.483 e. The van der Waals surface area contributed by atoms with E-state index in [9.17, 15) is 9.59 Å². The highest BCUT2D eigenvalue weighted by Gasteiger charge is 2.27. The van der Waals surface area contributed by atoms with Crippen molar-refractivity contribution in [1.29, 1.82) is 0 Å². The average Bonchev–Trinajstić information content (AvgIpc) is 3.21. The summed E-state index contributed by atoms with van der Waals surface area (Å²) in [6, 6.07) is 11.0. The van der Waals surface area contributed by atoms with Gasteiger partial charge >= 0.3 is 5.63 Å². The molecule has 32 heavy (non-hydrogen) atoms. The highest BCUT2D eigenvalue weighted by atomic mass is 16.5. The lowest BCUT2D eigenvalue weighted by molar-refractivity contribution is -0.134. The summed E-state index contributed by atoms with van der Waals surface area (Å²) < 4.78 is 13.3. The van der Waals surface area contributed by atoms with Crippen molar-refractivity contribution < 1.29 is 13.9 Å². The highest BCUT2D eigenvalue weighted by molar-refractivity contribution is 5.88. The Bertz CT molecular complexity index is 1370. The van der Waals surface area contributed by atoms with Gasteiger partial charge < -0.3 is 14.1 Å². The molecule has 1 saturated heterocycles. The topological polar surface area (TPSA) is 89.9 Å². The third kappa shape index (κ3) is 3.72. The second kappa shape index (κ2) is 8.11. The SMILES string of the molecule is Cc1cc(OCC(=O)N2CCC(c3nnc4ccccn34)CC2)c2c(C)cc(=O)oc2c1. The molecule has 1 aliphatic heterocycles. The van der Waals surface area contributed by atoms with Gasteiger partial charge in [-0.25, -0.2) is 4.79 Å². The zero-order chi connectivity index (χ0) is 22.2. The van der Waals surface area contributed by atoms with Crippen molar-refractivity contribution in [2.75, 3.05) is 19.7 Å². The molecular weight excluding hydrogens is 408 g/mol. The predicted molar refractivity (Wildman–Crippen MR) is 119 cm³/mol. The van der Waals surface area contributed by atoms with E-state index in [0.29, 0.717) is 24.4 Å². The van der Waals surface area contributed by atoms with Crippen LogP contribution in [0.1, 0.15) is 35.7 Å². The van der Waals surface area contributed by atoms with Gasteiger partial charge in [-0.05, 0) is 62.1 Å². The Kier molecular flexibility index (Phi) is 5.13. The number of pyridine rings is 1. The number of likely N-dealkylation sites (tertiary alicyclic amines) is 1. The Balaban J connectivity index is 1.26. The summed E-state index contributed by atoms with van der Waals surface area (Å²) in [6.45, 7) is 4.97. The fraction of sp³-hybridized carbons (Fsp3) is 0.333. The standard InChI is InChI=1S/C24H24N4O4/c1-15-11-18(23-16(2)13-22(30)32-19(23)12-15)31-14-21(29)27-9-6-17(7-10-27)24-26-25-20-5-3-4-8-28(20)24/h3-5,8,11-13,17H,6-7,9-10,14H2,1-2H3. The Hall–Kier alpha value is -3.68. The minimum Gasteiger partial charge on any atom is -0.483 e. The van der Waals surface area contributed by atoms with Crippen LogP contribution in [0.15, 0.2) is 51.8 Å². The molecule has 1 aliphatic rings. The molecule has 0 N–H and O–H groups in total. The molecule has 4 aromatic rings. The summed E-state index contributed by atoms with van der Waals surface area (Å²) in [4.78, 5) is 26.4. The molecule has 164 valence electrons. The van der Waals surface area contributed by atoms with Crippen molar-refractivity contribution in [2.24, 2.45) is 0 Å². The maximum Gasteiger partial charge on any atom is 0.336 e. The number of carbonyl (C=O) groups excluding carboxylic acids is 1. The number of benzene rings is 1. The lowest BCUT2D eigenvalue weighted by Crippen LogP contribution is -2.40. The fourth-order valence-electron chi connectivity index (χ4n) is 4.45. The van der Waals surface area contributed by atoms with Crippen molar-refractivity contribution in [3.05, 3.63) is 70.0 Å². The van der Waals surface area contributed by atoms with Crippen LogP contribution in [0.5, 0.6) is 5.75 Å². The van der Waals surface area contributed by atoms with Crippen molar-refractivity contribution in [3.8, 4) is 5.75 Å². The Morgan fingerprint density at radius 1 is 1.16 bits per heavy atom. The Morgan fingerprint density at radius 3 is 2.78 bits per heavy atom. The van der Waals surface area contributed by atoms with E-state index in [2.05, 4.69) is 10.2 Å². The van der Waals surface area contributed by atoms with Gasteiger partial charge in [-0.2, -0.15) is 0 Å². The van der Waals surface area contributed by atoms with Crippen LogP contribution >= 0.6 is 0 Å². The molecule has 5 rings (SSSR count). The first kappa shape index (κ1) is 20.2.